The zero-order chi connectivity index (χ0) is 17.9. The van der Waals surface area contributed by atoms with Gasteiger partial charge in [-0.2, -0.15) is 0 Å². The Balaban J connectivity index is 1.44. The Hall–Kier alpha value is -3.54. The number of amides is 1. The lowest BCUT2D eigenvalue weighted by Crippen LogP contribution is -2.23. The number of hydrogen-bond acceptors (Lipinski definition) is 4. The maximum Gasteiger partial charge on any atom is 0.254 e. The second-order valence-corrected chi connectivity index (χ2v) is 6.05. The van der Waals surface area contributed by atoms with Crippen LogP contribution in [0.2, 0.25) is 0 Å². The lowest BCUT2D eigenvalue weighted by Gasteiger charge is -2.04. The third-order valence-electron chi connectivity index (χ3n) is 4.04. The minimum Gasteiger partial charge on any atom is -0.346 e. The highest BCUT2D eigenvalue weighted by atomic mass is 16.1. The van der Waals surface area contributed by atoms with Crippen molar-refractivity contribution < 1.29 is 4.79 Å². The molecule has 3 heterocycles. The summed E-state index contributed by atoms with van der Waals surface area (Å²) in [6.45, 7) is 2.37. The molecule has 0 bridgehead atoms. The minimum absolute atomic E-state index is 0.224. The lowest BCUT2D eigenvalue weighted by atomic mass is 10.2. The van der Waals surface area contributed by atoms with Crippen LogP contribution in [-0.4, -0.2) is 25.3 Å². The summed E-state index contributed by atoms with van der Waals surface area (Å²) in [5, 5.41) is 2.86. The molecule has 6 heteroatoms. The molecule has 4 aromatic rings. The standard InChI is InChI=1S/C20H17N5O/c1-14-7-8-25-13-17(24-18(25)9-14)12-23-20(26)16-10-21-19(22-11-16)15-5-3-2-4-6-15/h2-11,13H,12H2,1H3,(H,23,26). The summed E-state index contributed by atoms with van der Waals surface area (Å²) in [6.07, 6.45) is 6.94. The maximum absolute atomic E-state index is 12.3. The van der Waals surface area contributed by atoms with Crippen LogP contribution < -0.4 is 5.32 Å². The van der Waals surface area contributed by atoms with Crippen molar-refractivity contribution in [3.05, 3.63) is 84.1 Å². The van der Waals surface area contributed by atoms with Crippen molar-refractivity contribution in [1.29, 1.82) is 0 Å². The Morgan fingerprint density at radius 2 is 1.88 bits per heavy atom. The van der Waals surface area contributed by atoms with E-state index >= 15 is 0 Å². The molecular weight excluding hydrogens is 326 g/mol. The van der Waals surface area contributed by atoms with Gasteiger partial charge in [-0.3, -0.25) is 4.79 Å². The fourth-order valence-corrected chi connectivity index (χ4v) is 2.68. The van der Waals surface area contributed by atoms with Gasteiger partial charge >= 0.3 is 0 Å². The molecule has 1 N–H and O–H groups in total. The SMILES string of the molecule is Cc1ccn2cc(CNC(=O)c3cnc(-c4ccccc4)nc3)nc2c1. The van der Waals surface area contributed by atoms with Crippen LogP contribution in [-0.2, 0) is 6.54 Å². The van der Waals surface area contributed by atoms with Gasteiger partial charge in [-0.25, -0.2) is 15.0 Å². The molecule has 0 saturated heterocycles. The summed E-state index contributed by atoms with van der Waals surface area (Å²) in [7, 11) is 0. The highest BCUT2D eigenvalue weighted by Gasteiger charge is 2.09. The van der Waals surface area contributed by atoms with E-state index in [0.717, 1.165) is 22.5 Å². The number of nitrogens with zero attached hydrogens (tertiary/aromatic N) is 4. The van der Waals surface area contributed by atoms with Crippen molar-refractivity contribution in [3.8, 4) is 11.4 Å². The molecule has 0 aliphatic carbocycles. The van der Waals surface area contributed by atoms with Crippen LogP contribution in [0.25, 0.3) is 17.0 Å². The van der Waals surface area contributed by atoms with Gasteiger partial charge in [0.15, 0.2) is 5.82 Å². The molecule has 6 nitrogen and oxygen atoms in total. The van der Waals surface area contributed by atoms with E-state index in [0.29, 0.717) is 17.9 Å². The molecule has 128 valence electrons. The van der Waals surface area contributed by atoms with Crippen molar-refractivity contribution in [1.82, 2.24) is 24.7 Å². The Morgan fingerprint density at radius 3 is 2.65 bits per heavy atom. The number of aromatic nitrogens is 4. The second kappa shape index (κ2) is 6.76. The predicted octanol–water partition coefficient (Wildman–Crippen LogP) is 3.03. The van der Waals surface area contributed by atoms with Crippen LogP contribution in [0, 0.1) is 6.92 Å². The minimum atomic E-state index is -0.224. The van der Waals surface area contributed by atoms with Crippen LogP contribution in [0.1, 0.15) is 21.6 Å². The molecule has 26 heavy (non-hydrogen) atoms. The molecule has 4 rings (SSSR count). The highest BCUT2D eigenvalue weighted by Crippen LogP contribution is 2.13. The van der Waals surface area contributed by atoms with Gasteiger partial charge < -0.3 is 9.72 Å². The molecule has 1 amide bonds. The number of benzene rings is 1. The van der Waals surface area contributed by atoms with E-state index in [1.54, 1.807) is 0 Å². The molecule has 0 fully saturated rings. The van der Waals surface area contributed by atoms with Gasteiger partial charge in [0.2, 0.25) is 0 Å². The smallest absolute Gasteiger partial charge is 0.254 e. The zero-order valence-corrected chi connectivity index (χ0v) is 14.3. The van der Waals surface area contributed by atoms with Gasteiger partial charge in [0, 0.05) is 30.4 Å². The Bertz CT molecular complexity index is 1050. The van der Waals surface area contributed by atoms with Gasteiger partial charge in [-0.05, 0) is 24.6 Å². The molecule has 0 atom stereocenters. The van der Waals surface area contributed by atoms with Gasteiger partial charge in [0.05, 0.1) is 17.8 Å². The van der Waals surface area contributed by atoms with Gasteiger partial charge in [0.1, 0.15) is 5.65 Å². The summed E-state index contributed by atoms with van der Waals surface area (Å²) in [5.41, 5.74) is 4.15. The molecule has 0 aliphatic rings. The number of aryl methyl sites for hydroxylation is 1. The van der Waals surface area contributed by atoms with Crippen molar-refractivity contribution in [2.75, 3.05) is 0 Å². The first-order chi connectivity index (χ1) is 12.7. The normalized spacial score (nSPS) is 10.8. The summed E-state index contributed by atoms with van der Waals surface area (Å²) in [6, 6.07) is 13.7. The van der Waals surface area contributed by atoms with Gasteiger partial charge in [-0.1, -0.05) is 30.3 Å². The number of nitrogens with one attached hydrogen (secondary N) is 1. The number of carbonyl (C=O) groups is 1. The van der Waals surface area contributed by atoms with Crippen molar-refractivity contribution in [2.24, 2.45) is 0 Å². The average Bonchev–Trinajstić information content (AvgIpc) is 3.09. The number of rotatable bonds is 4. The summed E-state index contributed by atoms with van der Waals surface area (Å²) >= 11 is 0. The third kappa shape index (κ3) is 3.30. The molecule has 1 aromatic carbocycles. The molecular formula is C20H17N5O. The fourth-order valence-electron chi connectivity index (χ4n) is 2.68. The van der Waals surface area contributed by atoms with Crippen LogP contribution >= 0.6 is 0 Å². The van der Waals surface area contributed by atoms with Gasteiger partial charge in [-0.15, -0.1) is 0 Å². The first kappa shape index (κ1) is 16.0. The molecule has 0 radical (unpaired) electrons. The van der Waals surface area contributed by atoms with Crippen LogP contribution in [0.5, 0.6) is 0 Å². The first-order valence-electron chi connectivity index (χ1n) is 8.29. The van der Waals surface area contributed by atoms with Crippen molar-refractivity contribution >= 4 is 11.6 Å². The Kier molecular flexibility index (Phi) is 4.15. The number of pyridine rings is 1. The van der Waals surface area contributed by atoms with Crippen LogP contribution in [0.15, 0.2) is 67.3 Å². The van der Waals surface area contributed by atoms with Crippen molar-refractivity contribution in [3.63, 3.8) is 0 Å². The Labute approximate surface area is 150 Å². The fraction of sp³-hybridized carbons (Fsp3) is 0.100. The van der Waals surface area contributed by atoms with E-state index < -0.39 is 0 Å². The van der Waals surface area contributed by atoms with E-state index in [9.17, 15) is 4.79 Å². The molecule has 0 unspecified atom stereocenters. The first-order valence-corrected chi connectivity index (χ1v) is 8.29. The summed E-state index contributed by atoms with van der Waals surface area (Å²) in [5.74, 6) is 0.371. The van der Waals surface area contributed by atoms with E-state index in [1.165, 1.54) is 12.4 Å². The molecule has 3 aromatic heterocycles. The topological polar surface area (TPSA) is 72.2 Å². The highest BCUT2D eigenvalue weighted by molar-refractivity contribution is 5.93. The predicted molar refractivity (Wildman–Crippen MR) is 98.6 cm³/mol. The van der Waals surface area contributed by atoms with E-state index in [2.05, 4.69) is 20.3 Å². The van der Waals surface area contributed by atoms with Crippen molar-refractivity contribution in [2.45, 2.75) is 13.5 Å². The molecule has 0 spiro atoms. The zero-order valence-electron chi connectivity index (χ0n) is 14.3. The molecule has 0 aliphatic heterocycles. The lowest BCUT2D eigenvalue weighted by molar-refractivity contribution is 0.0949. The summed E-state index contributed by atoms with van der Waals surface area (Å²) in [4.78, 5) is 25.4. The largest absolute Gasteiger partial charge is 0.346 e. The monoisotopic (exact) mass is 343 g/mol. The number of hydrogen-bond donors (Lipinski definition) is 1. The summed E-state index contributed by atoms with van der Waals surface area (Å²) < 4.78 is 1.94. The Morgan fingerprint density at radius 1 is 1.12 bits per heavy atom. The van der Waals surface area contributed by atoms with Gasteiger partial charge in [0.25, 0.3) is 5.91 Å². The second-order valence-electron chi connectivity index (χ2n) is 6.05. The van der Waals surface area contributed by atoms with Crippen LogP contribution in [0.4, 0.5) is 0 Å². The van der Waals surface area contributed by atoms with Crippen LogP contribution in [0.3, 0.4) is 0 Å². The maximum atomic E-state index is 12.3. The number of fused-ring (bicyclic) bond motifs is 1. The van der Waals surface area contributed by atoms with E-state index in [-0.39, 0.29) is 5.91 Å². The molecule has 0 saturated carbocycles. The third-order valence-corrected chi connectivity index (χ3v) is 4.04. The number of imidazole rings is 1. The average molecular weight is 343 g/mol. The van der Waals surface area contributed by atoms with E-state index in [4.69, 9.17) is 0 Å². The van der Waals surface area contributed by atoms with E-state index in [1.807, 2.05) is 66.2 Å². The number of carbonyl (C=O) groups excluding carboxylic acids is 1. The quantitative estimate of drug-likeness (QED) is 0.618.